The van der Waals surface area contributed by atoms with E-state index >= 15 is 0 Å². The summed E-state index contributed by atoms with van der Waals surface area (Å²) in [5, 5.41) is 0. The minimum absolute atomic E-state index is 0.186. The molecular formula is C17H19NO3. The van der Waals surface area contributed by atoms with E-state index in [1.807, 2.05) is 48.5 Å². The first-order valence-corrected chi connectivity index (χ1v) is 6.78. The van der Waals surface area contributed by atoms with Gasteiger partial charge in [-0.25, -0.2) is 0 Å². The third-order valence-electron chi connectivity index (χ3n) is 3.17. The predicted molar refractivity (Wildman–Crippen MR) is 80.8 cm³/mol. The molecule has 0 atom stereocenters. The molecule has 2 aromatic carbocycles. The minimum Gasteiger partial charge on any atom is -0.489 e. The van der Waals surface area contributed by atoms with Crippen molar-refractivity contribution in [3.63, 3.8) is 0 Å². The van der Waals surface area contributed by atoms with Crippen molar-refractivity contribution in [2.45, 2.75) is 19.6 Å². The molecule has 0 spiro atoms. The van der Waals surface area contributed by atoms with Crippen LogP contribution in [0.15, 0.2) is 48.5 Å². The second-order valence-electron chi connectivity index (χ2n) is 4.67. The van der Waals surface area contributed by atoms with Crippen LogP contribution in [0.25, 0.3) is 0 Å². The van der Waals surface area contributed by atoms with Crippen molar-refractivity contribution in [2.24, 2.45) is 5.73 Å². The lowest BCUT2D eigenvalue weighted by Gasteiger charge is -2.12. The molecule has 4 heteroatoms. The van der Waals surface area contributed by atoms with Gasteiger partial charge in [-0.1, -0.05) is 42.5 Å². The number of ether oxygens (including phenoxy) is 2. The van der Waals surface area contributed by atoms with Gasteiger partial charge in [0.1, 0.15) is 12.4 Å². The molecule has 0 unspecified atom stereocenters. The fraction of sp³-hybridized carbons (Fsp3) is 0.235. The van der Waals surface area contributed by atoms with E-state index in [9.17, 15) is 4.79 Å². The molecule has 0 aromatic heterocycles. The highest BCUT2D eigenvalue weighted by Gasteiger charge is 2.10. The van der Waals surface area contributed by atoms with Crippen molar-refractivity contribution >= 4 is 5.97 Å². The first-order valence-electron chi connectivity index (χ1n) is 6.78. The quantitative estimate of drug-likeness (QED) is 0.828. The first-order chi connectivity index (χ1) is 10.2. The molecule has 0 aliphatic carbocycles. The Hall–Kier alpha value is -2.33. The molecule has 0 amide bonds. The Morgan fingerprint density at radius 1 is 1.10 bits per heavy atom. The van der Waals surface area contributed by atoms with E-state index in [4.69, 9.17) is 15.2 Å². The Kier molecular flexibility index (Phi) is 5.35. The van der Waals surface area contributed by atoms with E-state index in [1.165, 1.54) is 7.11 Å². The summed E-state index contributed by atoms with van der Waals surface area (Å²) in [4.78, 5) is 11.5. The number of hydrogen-bond acceptors (Lipinski definition) is 4. The van der Waals surface area contributed by atoms with E-state index in [1.54, 1.807) is 0 Å². The van der Waals surface area contributed by atoms with Crippen molar-refractivity contribution in [1.29, 1.82) is 0 Å². The maximum atomic E-state index is 11.5. The Morgan fingerprint density at radius 3 is 2.52 bits per heavy atom. The number of methoxy groups -OCH3 is 1. The number of benzene rings is 2. The van der Waals surface area contributed by atoms with Crippen molar-refractivity contribution in [3.8, 4) is 5.75 Å². The molecule has 2 aromatic rings. The molecule has 4 nitrogen and oxygen atoms in total. The largest absolute Gasteiger partial charge is 0.489 e. The SMILES string of the molecule is COC(=O)Cc1ccc(CN)cc1OCc1ccccc1. The second-order valence-corrected chi connectivity index (χ2v) is 4.67. The van der Waals surface area contributed by atoms with E-state index < -0.39 is 0 Å². The smallest absolute Gasteiger partial charge is 0.310 e. The molecule has 0 aliphatic heterocycles. The molecule has 0 fully saturated rings. The maximum Gasteiger partial charge on any atom is 0.310 e. The summed E-state index contributed by atoms with van der Waals surface area (Å²) >= 11 is 0. The van der Waals surface area contributed by atoms with Gasteiger partial charge in [-0.05, 0) is 17.2 Å². The Bertz CT molecular complexity index is 596. The van der Waals surface area contributed by atoms with Crippen molar-refractivity contribution in [1.82, 2.24) is 0 Å². The molecule has 0 saturated heterocycles. The molecule has 0 saturated carbocycles. The number of esters is 1. The average Bonchev–Trinajstić information content (AvgIpc) is 2.54. The van der Waals surface area contributed by atoms with E-state index in [0.29, 0.717) is 18.9 Å². The molecule has 2 N–H and O–H groups in total. The summed E-state index contributed by atoms with van der Waals surface area (Å²) < 4.78 is 10.6. The fourth-order valence-corrected chi connectivity index (χ4v) is 1.97. The zero-order valence-corrected chi connectivity index (χ0v) is 12.0. The van der Waals surface area contributed by atoms with Crippen LogP contribution in [0.4, 0.5) is 0 Å². The summed E-state index contributed by atoms with van der Waals surface area (Å²) in [5.74, 6) is 0.382. The Labute approximate surface area is 124 Å². The summed E-state index contributed by atoms with van der Waals surface area (Å²) in [6, 6.07) is 15.5. The van der Waals surface area contributed by atoms with Gasteiger partial charge in [-0.15, -0.1) is 0 Å². The van der Waals surface area contributed by atoms with Crippen molar-refractivity contribution in [3.05, 3.63) is 65.2 Å². The predicted octanol–water partition coefficient (Wildman–Crippen LogP) is 2.44. The molecule has 21 heavy (non-hydrogen) atoms. The van der Waals surface area contributed by atoms with Gasteiger partial charge in [0.2, 0.25) is 0 Å². The lowest BCUT2D eigenvalue weighted by Crippen LogP contribution is -2.08. The average molecular weight is 285 g/mol. The van der Waals surface area contributed by atoms with Crippen molar-refractivity contribution < 1.29 is 14.3 Å². The highest BCUT2D eigenvalue weighted by molar-refractivity contribution is 5.73. The normalized spacial score (nSPS) is 10.2. The summed E-state index contributed by atoms with van der Waals surface area (Å²) in [7, 11) is 1.38. The van der Waals surface area contributed by atoms with Crippen LogP contribution in [-0.2, 0) is 29.1 Å². The molecule has 0 radical (unpaired) electrons. The summed E-state index contributed by atoms with van der Waals surface area (Å²) in [6.45, 7) is 0.878. The lowest BCUT2D eigenvalue weighted by atomic mass is 10.1. The van der Waals surface area contributed by atoms with Crippen LogP contribution >= 0.6 is 0 Å². The van der Waals surface area contributed by atoms with Crippen molar-refractivity contribution in [2.75, 3.05) is 7.11 Å². The molecule has 0 heterocycles. The number of carbonyl (C=O) groups is 1. The molecular weight excluding hydrogens is 266 g/mol. The highest BCUT2D eigenvalue weighted by Crippen LogP contribution is 2.22. The maximum absolute atomic E-state index is 11.5. The van der Waals surface area contributed by atoms with Crippen LogP contribution in [0.2, 0.25) is 0 Å². The van der Waals surface area contributed by atoms with Gasteiger partial charge < -0.3 is 15.2 Å². The van der Waals surface area contributed by atoms with Gasteiger partial charge in [-0.2, -0.15) is 0 Å². The third-order valence-corrected chi connectivity index (χ3v) is 3.17. The monoisotopic (exact) mass is 285 g/mol. The van der Waals surface area contributed by atoms with Crippen LogP contribution in [0.5, 0.6) is 5.75 Å². The highest BCUT2D eigenvalue weighted by atomic mass is 16.5. The Morgan fingerprint density at radius 2 is 1.86 bits per heavy atom. The number of hydrogen-bond donors (Lipinski definition) is 1. The van der Waals surface area contributed by atoms with E-state index in [-0.39, 0.29) is 12.4 Å². The van der Waals surface area contributed by atoms with Gasteiger partial charge in [0, 0.05) is 12.1 Å². The van der Waals surface area contributed by atoms with Crippen LogP contribution in [0, 0.1) is 0 Å². The minimum atomic E-state index is -0.292. The standard InChI is InChI=1S/C17H19NO3/c1-20-17(19)10-15-8-7-14(11-18)9-16(15)21-12-13-5-3-2-4-6-13/h2-9H,10-12,18H2,1H3. The number of rotatable bonds is 6. The number of nitrogens with two attached hydrogens (primary N) is 1. The summed E-state index contributed by atoms with van der Waals surface area (Å²) in [6.07, 6.45) is 0.186. The molecule has 110 valence electrons. The van der Waals surface area contributed by atoms with Gasteiger partial charge in [0.25, 0.3) is 0 Å². The molecule has 2 rings (SSSR count). The zero-order valence-electron chi connectivity index (χ0n) is 12.0. The lowest BCUT2D eigenvalue weighted by molar-refractivity contribution is -0.139. The van der Waals surface area contributed by atoms with Crippen LogP contribution < -0.4 is 10.5 Å². The van der Waals surface area contributed by atoms with Gasteiger partial charge in [0.05, 0.1) is 13.5 Å². The van der Waals surface area contributed by atoms with Crippen LogP contribution in [-0.4, -0.2) is 13.1 Å². The van der Waals surface area contributed by atoms with E-state index in [2.05, 4.69) is 0 Å². The van der Waals surface area contributed by atoms with Crippen LogP contribution in [0.1, 0.15) is 16.7 Å². The second kappa shape index (κ2) is 7.45. The number of carbonyl (C=O) groups excluding carboxylic acids is 1. The van der Waals surface area contributed by atoms with Gasteiger partial charge in [0.15, 0.2) is 0 Å². The van der Waals surface area contributed by atoms with Gasteiger partial charge >= 0.3 is 5.97 Å². The fourth-order valence-electron chi connectivity index (χ4n) is 1.97. The van der Waals surface area contributed by atoms with E-state index in [0.717, 1.165) is 16.7 Å². The molecule has 0 bridgehead atoms. The topological polar surface area (TPSA) is 61.5 Å². The zero-order chi connectivity index (χ0) is 15.1. The molecule has 0 aliphatic rings. The third kappa shape index (κ3) is 4.33. The van der Waals surface area contributed by atoms with Gasteiger partial charge in [-0.3, -0.25) is 4.79 Å². The van der Waals surface area contributed by atoms with Crippen LogP contribution in [0.3, 0.4) is 0 Å². The first kappa shape index (κ1) is 15.1. The summed E-state index contributed by atoms with van der Waals surface area (Å²) in [5.41, 5.74) is 8.49. The Balaban J connectivity index is 2.16.